The van der Waals surface area contributed by atoms with Crippen molar-refractivity contribution in [3.8, 4) is 17.5 Å². The number of amides is 3. The second-order valence-corrected chi connectivity index (χ2v) is 6.40. The van der Waals surface area contributed by atoms with Crippen LogP contribution in [0.1, 0.15) is 24.8 Å². The molecule has 1 saturated heterocycles. The van der Waals surface area contributed by atoms with E-state index in [1.54, 1.807) is 7.05 Å². The van der Waals surface area contributed by atoms with Gasteiger partial charge in [0.25, 0.3) is 5.91 Å². The summed E-state index contributed by atoms with van der Waals surface area (Å²) >= 11 is 0. The first-order valence-corrected chi connectivity index (χ1v) is 8.38. The van der Waals surface area contributed by atoms with Crippen LogP contribution in [-0.2, 0) is 4.79 Å². The molecule has 0 aliphatic carbocycles. The largest absolute Gasteiger partial charge is 0.493 e. The number of ether oxygens (including phenoxy) is 2. The second-order valence-electron chi connectivity index (χ2n) is 6.40. The van der Waals surface area contributed by atoms with E-state index >= 15 is 0 Å². The summed E-state index contributed by atoms with van der Waals surface area (Å²) in [6.45, 7) is 2.86. The Labute approximate surface area is 150 Å². The van der Waals surface area contributed by atoms with Gasteiger partial charge in [-0.05, 0) is 24.5 Å². The van der Waals surface area contributed by atoms with E-state index in [0.29, 0.717) is 24.0 Å². The van der Waals surface area contributed by atoms with Gasteiger partial charge in [-0.25, -0.2) is 19.7 Å². The Morgan fingerprint density at radius 1 is 1.23 bits per heavy atom. The van der Waals surface area contributed by atoms with Crippen molar-refractivity contribution in [2.45, 2.75) is 19.3 Å². The topological polar surface area (TPSA) is 84.9 Å². The lowest BCUT2D eigenvalue weighted by Crippen LogP contribution is -2.31. The first kappa shape index (κ1) is 16.3. The first-order chi connectivity index (χ1) is 12.5. The number of fused-ring (bicyclic) bond motifs is 1. The minimum Gasteiger partial charge on any atom is -0.493 e. The summed E-state index contributed by atoms with van der Waals surface area (Å²) in [4.78, 5) is 34.6. The number of nitrogens with zero attached hydrogens (tertiary/aromatic N) is 4. The lowest BCUT2D eigenvalue weighted by Gasteiger charge is -2.24. The van der Waals surface area contributed by atoms with Gasteiger partial charge in [-0.1, -0.05) is 13.0 Å². The Morgan fingerprint density at radius 2 is 2.00 bits per heavy atom. The first-order valence-electron chi connectivity index (χ1n) is 8.38. The van der Waals surface area contributed by atoms with Gasteiger partial charge >= 0.3 is 12.0 Å². The molecular weight excluding hydrogens is 336 g/mol. The zero-order valence-corrected chi connectivity index (χ0v) is 14.5. The number of rotatable bonds is 3. The molecule has 1 fully saturated rings. The molecule has 3 heterocycles. The van der Waals surface area contributed by atoms with Crippen molar-refractivity contribution in [1.82, 2.24) is 14.9 Å². The molecule has 1 aromatic heterocycles. The van der Waals surface area contributed by atoms with Crippen molar-refractivity contribution in [2.24, 2.45) is 0 Å². The highest BCUT2D eigenvalue weighted by Gasteiger charge is 2.35. The normalized spacial score (nSPS) is 19.4. The minimum atomic E-state index is -0.393. The molecule has 4 rings (SSSR count). The van der Waals surface area contributed by atoms with Crippen LogP contribution >= 0.6 is 0 Å². The van der Waals surface area contributed by atoms with Gasteiger partial charge in [-0.3, -0.25) is 4.79 Å². The van der Waals surface area contributed by atoms with Gasteiger partial charge in [-0.2, -0.15) is 0 Å². The van der Waals surface area contributed by atoms with Crippen molar-refractivity contribution in [3.05, 3.63) is 36.2 Å². The van der Waals surface area contributed by atoms with E-state index in [-0.39, 0.29) is 18.5 Å². The molecule has 3 amide bonds. The van der Waals surface area contributed by atoms with Crippen LogP contribution in [0.15, 0.2) is 30.6 Å². The molecule has 26 heavy (non-hydrogen) atoms. The van der Waals surface area contributed by atoms with Crippen LogP contribution in [0.4, 0.5) is 10.5 Å². The fourth-order valence-corrected chi connectivity index (χ4v) is 3.16. The standard InChI is InChI=1S/C18H18N4O4/c1-11-6-7-25-13-4-3-5-14(16(11)13)26-17-19-8-12(9-20-17)22-15(23)10-21(2)18(22)24/h3-5,8-9,11H,6-7,10H2,1-2H3. The number of hydrogen-bond acceptors (Lipinski definition) is 6. The molecule has 2 aromatic rings. The molecule has 1 unspecified atom stereocenters. The molecule has 1 aromatic carbocycles. The van der Waals surface area contributed by atoms with Crippen molar-refractivity contribution >= 4 is 17.6 Å². The van der Waals surface area contributed by atoms with Gasteiger partial charge < -0.3 is 14.4 Å². The third kappa shape index (κ3) is 2.73. The van der Waals surface area contributed by atoms with Crippen molar-refractivity contribution in [3.63, 3.8) is 0 Å². The van der Waals surface area contributed by atoms with E-state index in [9.17, 15) is 9.59 Å². The summed E-state index contributed by atoms with van der Waals surface area (Å²) in [5.74, 6) is 1.46. The summed E-state index contributed by atoms with van der Waals surface area (Å²) in [6, 6.07) is 5.38. The number of carbonyl (C=O) groups excluding carboxylic acids is 2. The molecule has 0 radical (unpaired) electrons. The molecule has 8 heteroatoms. The average molecular weight is 354 g/mol. The molecule has 1 atom stereocenters. The number of carbonyl (C=O) groups is 2. The van der Waals surface area contributed by atoms with Crippen molar-refractivity contribution < 1.29 is 19.1 Å². The van der Waals surface area contributed by atoms with Gasteiger partial charge in [0, 0.05) is 12.6 Å². The molecule has 0 saturated carbocycles. The number of urea groups is 1. The van der Waals surface area contributed by atoms with Gasteiger partial charge in [0.15, 0.2) is 0 Å². The van der Waals surface area contributed by atoms with E-state index in [1.807, 2.05) is 18.2 Å². The molecule has 8 nitrogen and oxygen atoms in total. The van der Waals surface area contributed by atoms with Crippen molar-refractivity contribution in [1.29, 1.82) is 0 Å². The highest BCUT2D eigenvalue weighted by Crippen LogP contribution is 2.41. The molecule has 2 aliphatic heterocycles. The van der Waals surface area contributed by atoms with E-state index < -0.39 is 6.03 Å². The van der Waals surface area contributed by atoms with Crippen LogP contribution in [0, 0.1) is 0 Å². The van der Waals surface area contributed by atoms with Crippen LogP contribution in [0.25, 0.3) is 0 Å². The number of aromatic nitrogens is 2. The molecule has 2 aliphatic rings. The number of benzene rings is 1. The highest BCUT2D eigenvalue weighted by atomic mass is 16.5. The maximum atomic E-state index is 12.0. The molecule has 134 valence electrons. The van der Waals surface area contributed by atoms with E-state index in [0.717, 1.165) is 22.6 Å². The molecule has 0 spiro atoms. The van der Waals surface area contributed by atoms with Gasteiger partial charge in [0.05, 0.1) is 24.7 Å². The summed E-state index contributed by atoms with van der Waals surface area (Å²) in [5, 5.41) is 0. The fourth-order valence-electron chi connectivity index (χ4n) is 3.16. The molecule has 0 bridgehead atoms. The van der Waals surface area contributed by atoms with Crippen LogP contribution < -0.4 is 14.4 Å². The third-order valence-corrected chi connectivity index (χ3v) is 4.54. The van der Waals surface area contributed by atoms with E-state index in [4.69, 9.17) is 9.47 Å². The molecular formula is C18H18N4O4. The summed E-state index contributed by atoms with van der Waals surface area (Å²) in [6.07, 6.45) is 3.74. The average Bonchev–Trinajstić information content (AvgIpc) is 2.88. The second kappa shape index (κ2) is 6.29. The fraction of sp³-hybridized carbons (Fsp3) is 0.333. The van der Waals surface area contributed by atoms with Crippen LogP contribution in [-0.4, -0.2) is 47.0 Å². The predicted octanol–water partition coefficient (Wildman–Crippen LogP) is 2.55. The third-order valence-electron chi connectivity index (χ3n) is 4.54. The Hall–Kier alpha value is -3.16. The number of hydrogen-bond donors (Lipinski definition) is 0. The smallest absolute Gasteiger partial charge is 0.331 e. The zero-order chi connectivity index (χ0) is 18.3. The Morgan fingerprint density at radius 3 is 2.69 bits per heavy atom. The SMILES string of the molecule is CC1CCOc2cccc(Oc3ncc(N4C(=O)CN(C)C4=O)cn3)c21. The lowest BCUT2D eigenvalue weighted by molar-refractivity contribution is -0.116. The number of anilines is 1. The minimum absolute atomic E-state index is 0.0468. The van der Waals surface area contributed by atoms with Crippen LogP contribution in [0.5, 0.6) is 17.5 Å². The summed E-state index contributed by atoms with van der Waals surface area (Å²) in [5.41, 5.74) is 1.32. The van der Waals surface area contributed by atoms with Crippen molar-refractivity contribution in [2.75, 3.05) is 25.1 Å². The maximum Gasteiger partial charge on any atom is 0.331 e. The lowest BCUT2D eigenvalue weighted by atomic mass is 9.94. The number of imide groups is 1. The highest BCUT2D eigenvalue weighted by molar-refractivity contribution is 6.19. The summed E-state index contributed by atoms with van der Waals surface area (Å²) in [7, 11) is 1.57. The predicted molar refractivity (Wildman–Crippen MR) is 92.6 cm³/mol. The zero-order valence-electron chi connectivity index (χ0n) is 14.5. The summed E-state index contributed by atoms with van der Waals surface area (Å²) < 4.78 is 11.5. The van der Waals surface area contributed by atoms with Crippen LogP contribution in [0.2, 0.25) is 0 Å². The molecule has 0 N–H and O–H groups in total. The monoisotopic (exact) mass is 354 g/mol. The van der Waals surface area contributed by atoms with Gasteiger partial charge in [0.2, 0.25) is 0 Å². The van der Waals surface area contributed by atoms with Gasteiger partial charge in [0.1, 0.15) is 18.0 Å². The number of likely N-dealkylation sites (N-methyl/N-ethyl adjacent to an activating group) is 1. The van der Waals surface area contributed by atoms with E-state index in [2.05, 4.69) is 16.9 Å². The quantitative estimate of drug-likeness (QED) is 0.788. The van der Waals surface area contributed by atoms with Gasteiger partial charge in [-0.15, -0.1) is 0 Å². The van der Waals surface area contributed by atoms with Crippen LogP contribution in [0.3, 0.4) is 0 Å². The Bertz CT molecular complexity index is 868. The van der Waals surface area contributed by atoms with E-state index in [1.165, 1.54) is 17.3 Å². The maximum absolute atomic E-state index is 12.0. The Kier molecular flexibility index (Phi) is 3.95. The Balaban J connectivity index is 1.58.